The van der Waals surface area contributed by atoms with Gasteiger partial charge in [-0.3, -0.25) is 9.69 Å². The van der Waals surface area contributed by atoms with Crippen molar-refractivity contribution < 1.29 is 4.79 Å². The number of amides is 1. The summed E-state index contributed by atoms with van der Waals surface area (Å²) in [7, 11) is 1.91. The molecule has 0 atom stereocenters. The third-order valence-electron chi connectivity index (χ3n) is 3.32. The molecular weight excluding hydrogens is 333 g/mol. The van der Waals surface area contributed by atoms with E-state index < -0.39 is 0 Å². The van der Waals surface area contributed by atoms with E-state index in [2.05, 4.69) is 5.32 Å². The number of piperazine rings is 1. The van der Waals surface area contributed by atoms with E-state index in [0.717, 1.165) is 31.7 Å². The number of benzene rings is 1. The molecule has 21 heavy (non-hydrogen) atoms. The first-order valence-electron chi connectivity index (χ1n) is 6.67. The Morgan fingerprint density at radius 2 is 2.00 bits per heavy atom. The quantitative estimate of drug-likeness (QED) is 0.903. The largest absolute Gasteiger partial charge is 0.339 e. The lowest BCUT2D eigenvalue weighted by Gasteiger charge is -2.29. The second-order valence-electron chi connectivity index (χ2n) is 5.04. The topological polar surface area (TPSA) is 35.6 Å². The van der Waals surface area contributed by atoms with Gasteiger partial charge in [0.2, 0.25) is 5.91 Å². The number of carbonyl (C=O) groups is 1. The van der Waals surface area contributed by atoms with Crippen molar-refractivity contribution in [2.45, 2.75) is 6.54 Å². The van der Waals surface area contributed by atoms with E-state index in [9.17, 15) is 4.79 Å². The molecule has 1 aromatic carbocycles. The van der Waals surface area contributed by atoms with Crippen molar-refractivity contribution in [1.29, 1.82) is 0 Å². The van der Waals surface area contributed by atoms with Crippen LogP contribution in [0, 0.1) is 0 Å². The molecule has 1 heterocycles. The van der Waals surface area contributed by atoms with Crippen LogP contribution in [0.15, 0.2) is 18.2 Å². The van der Waals surface area contributed by atoms with Gasteiger partial charge >= 0.3 is 0 Å². The molecular formula is C14H20Cl3N3O. The lowest BCUT2D eigenvalue weighted by molar-refractivity contribution is -0.132. The van der Waals surface area contributed by atoms with E-state index in [-0.39, 0.29) is 18.3 Å². The van der Waals surface area contributed by atoms with Crippen molar-refractivity contribution in [1.82, 2.24) is 15.1 Å². The molecule has 118 valence electrons. The van der Waals surface area contributed by atoms with Crippen molar-refractivity contribution >= 4 is 41.5 Å². The number of nitrogens with one attached hydrogen (secondary N) is 1. The van der Waals surface area contributed by atoms with Crippen LogP contribution in [-0.2, 0) is 11.3 Å². The highest BCUT2D eigenvalue weighted by atomic mass is 35.5. The van der Waals surface area contributed by atoms with Gasteiger partial charge < -0.3 is 10.2 Å². The van der Waals surface area contributed by atoms with E-state index >= 15 is 0 Å². The van der Waals surface area contributed by atoms with Crippen LogP contribution >= 0.6 is 35.6 Å². The van der Waals surface area contributed by atoms with Crippen LogP contribution in [0.25, 0.3) is 0 Å². The van der Waals surface area contributed by atoms with Crippen LogP contribution in [0.4, 0.5) is 0 Å². The molecule has 0 aromatic heterocycles. The molecule has 1 aliphatic heterocycles. The second-order valence-corrected chi connectivity index (χ2v) is 5.88. The molecule has 7 heteroatoms. The van der Waals surface area contributed by atoms with Crippen molar-refractivity contribution in [2.24, 2.45) is 0 Å². The van der Waals surface area contributed by atoms with E-state index in [0.29, 0.717) is 23.1 Å². The average molecular weight is 353 g/mol. The minimum atomic E-state index is 0. The minimum Gasteiger partial charge on any atom is -0.339 e. The fourth-order valence-corrected chi connectivity index (χ4v) is 2.63. The lowest BCUT2D eigenvalue weighted by Crippen LogP contribution is -2.49. The number of rotatable bonds is 4. The molecule has 1 saturated heterocycles. The number of nitrogens with zero attached hydrogens (tertiary/aromatic N) is 2. The van der Waals surface area contributed by atoms with Gasteiger partial charge in [0.15, 0.2) is 0 Å². The molecule has 0 bridgehead atoms. The predicted octanol–water partition coefficient (Wildman–Crippen LogP) is 2.28. The highest BCUT2D eigenvalue weighted by Crippen LogP contribution is 2.21. The van der Waals surface area contributed by atoms with E-state index in [1.807, 2.05) is 22.9 Å². The Kier molecular flexibility index (Phi) is 7.77. The van der Waals surface area contributed by atoms with Crippen LogP contribution in [0.3, 0.4) is 0 Å². The van der Waals surface area contributed by atoms with Gasteiger partial charge in [-0.15, -0.1) is 12.4 Å². The molecule has 1 amide bonds. The summed E-state index contributed by atoms with van der Waals surface area (Å²) in [6, 6.07) is 5.39. The third-order valence-corrected chi connectivity index (χ3v) is 3.93. The van der Waals surface area contributed by atoms with Gasteiger partial charge in [0.25, 0.3) is 0 Å². The molecule has 2 rings (SSSR count). The summed E-state index contributed by atoms with van der Waals surface area (Å²) in [6.45, 7) is 4.31. The maximum absolute atomic E-state index is 12.1. The zero-order valence-corrected chi connectivity index (χ0v) is 14.3. The molecule has 0 unspecified atom stereocenters. The van der Waals surface area contributed by atoms with Gasteiger partial charge in [0, 0.05) is 42.8 Å². The highest BCUT2D eigenvalue weighted by molar-refractivity contribution is 6.33. The summed E-state index contributed by atoms with van der Waals surface area (Å²) in [6.07, 6.45) is 0. The molecule has 0 spiro atoms. The van der Waals surface area contributed by atoms with Crippen LogP contribution < -0.4 is 5.32 Å². The maximum atomic E-state index is 12.1. The molecule has 1 aromatic rings. The number of halogens is 3. The van der Waals surface area contributed by atoms with Crippen LogP contribution in [0.5, 0.6) is 0 Å². The molecule has 1 aliphatic rings. The van der Waals surface area contributed by atoms with E-state index in [4.69, 9.17) is 23.2 Å². The first kappa shape index (κ1) is 18.5. The summed E-state index contributed by atoms with van der Waals surface area (Å²) in [4.78, 5) is 16.0. The summed E-state index contributed by atoms with van der Waals surface area (Å²) in [5.41, 5.74) is 0.940. The van der Waals surface area contributed by atoms with E-state index in [1.165, 1.54) is 0 Å². The van der Waals surface area contributed by atoms with Crippen LogP contribution in [-0.4, -0.2) is 55.5 Å². The van der Waals surface area contributed by atoms with Gasteiger partial charge in [-0.05, 0) is 30.8 Å². The molecule has 0 saturated carbocycles. The Balaban J connectivity index is 0.00000220. The Bertz CT molecular complexity index is 479. The number of hydrogen-bond acceptors (Lipinski definition) is 3. The summed E-state index contributed by atoms with van der Waals surface area (Å²) < 4.78 is 0. The first-order valence-corrected chi connectivity index (χ1v) is 7.43. The van der Waals surface area contributed by atoms with Crippen molar-refractivity contribution in [2.75, 3.05) is 39.8 Å². The fourth-order valence-electron chi connectivity index (χ4n) is 2.26. The van der Waals surface area contributed by atoms with Crippen molar-refractivity contribution in [3.8, 4) is 0 Å². The van der Waals surface area contributed by atoms with Crippen LogP contribution in [0.2, 0.25) is 10.0 Å². The zero-order chi connectivity index (χ0) is 14.5. The Hall–Kier alpha value is -0.520. The van der Waals surface area contributed by atoms with Crippen LogP contribution in [0.1, 0.15) is 5.56 Å². The molecule has 1 N–H and O–H groups in total. The van der Waals surface area contributed by atoms with Gasteiger partial charge in [-0.1, -0.05) is 23.2 Å². The van der Waals surface area contributed by atoms with Gasteiger partial charge in [-0.25, -0.2) is 0 Å². The first-order chi connectivity index (χ1) is 9.56. The predicted molar refractivity (Wildman–Crippen MR) is 89.5 cm³/mol. The second kappa shape index (κ2) is 8.81. The number of carbonyl (C=O) groups excluding carboxylic acids is 1. The van der Waals surface area contributed by atoms with Crippen molar-refractivity contribution in [3.05, 3.63) is 33.8 Å². The minimum absolute atomic E-state index is 0. The smallest absolute Gasteiger partial charge is 0.236 e. The van der Waals surface area contributed by atoms with E-state index in [1.54, 1.807) is 12.1 Å². The lowest BCUT2D eigenvalue weighted by atomic mass is 10.2. The molecule has 1 fully saturated rings. The molecule has 0 aliphatic carbocycles. The SMILES string of the molecule is CN(CC(=O)N1CCNCC1)Cc1cc(Cl)ccc1Cl.Cl. The molecule has 0 radical (unpaired) electrons. The summed E-state index contributed by atoms with van der Waals surface area (Å²) >= 11 is 12.1. The van der Waals surface area contributed by atoms with Gasteiger partial charge in [-0.2, -0.15) is 0 Å². The highest BCUT2D eigenvalue weighted by Gasteiger charge is 2.18. The zero-order valence-electron chi connectivity index (χ0n) is 11.9. The summed E-state index contributed by atoms with van der Waals surface area (Å²) in [5, 5.41) is 4.57. The number of hydrogen-bond donors (Lipinski definition) is 1. The van der Waals surface area contributed by atoms with Gasteiger partial charge in [0.05, 0.1) is 6.54 Å². The third kappa shape index (κ3) is 5.64. The Morgan fingerprint density at radius 3 is 2.67 bits per heavy atom. The number of likely N-dealkylation sites (N-methyl/N-ethyl adjacent to an activating group) is 1. The fraction of sp³-hybridized carbons (Fsp3) is 0.500. The normalized spacial score (nSPS) is 15.0. The maximum Gasteiger partial charge on any atom is 0.236 e. The average Bonchev–Trinajstić information content (AvgIpc) is 2.43. The molecule has 4 nitrogen and oxygen atoms in total. The Labute approximate surface area is 141 Å². The monoisotopic (exact) mass is 351 g/mol. The standard InChI is InChI=1S/C14H19Cl2N3O.ClH/c1-18(9-11-8-12(15)2-3-13(11)16)10-14(20)19-6-4-17-5-7-19;/h2-3,8,17H,4-7,9-10H2,1H3;1H. The van der Waals surface area contributed by atoms with Crippen molar-refractivity contribution in [3.63, 3.8) is 0 Å². The summed E-state index contributed by atoms with van der Waals surface area (Å²) in [5.74, 6) is 0.159. The van der Waals surface area contributed by atoms with Gasteiger partial charge in [0.1, 0.15) is 0 Å². The Morgan fingerprint density at radius 1 is 1.33 bits per heavy atom.